The molecule has 0 fully saturated rings. The Morgan fingerprint density at radius 2 is 1.78 bits per heavy atom. The van der Waals surface area contributed by atoms with Gasteiger partial charge in [0, 0.05) is 0 Å². The fraction of sp³-hybridized carbons (Fsp3) is 0.0769. The van der Waals surface area contributed by atoms with Crippen LogP contribution in [-0.4, -0.2) is 22.3 Å². The fourth-order valence-electron chi connectivity index (χ4n) is 1.58. The summed E-state index contributed by atoms with van der Waals surface area (Å²) in [6.07, 6.45) is 0. The van der Waals surface area contributed by atoms with Crippen molar-refractivity contribution in [2.24, 2.45) is 0 Å². The highest BCUT2D eigenvalue weighted by molar-refractivity contribution is 6.58. The summed E-state index contributed by atoms with van der Waals surface area (Å²) in [5.74, 6) is 0.736. The minimum absolute atomic E-state index is 0.190. The summed E-state index contributed by atoms with van der Waals surface area (Å²) in [5.41, 5.74) is 1.22. The Bertz CT molecular complexity index is 528. The maximum Gasteiger partial charge on any atom is 0.488 e. The van der Waals surface area contributed by atoms with Gasteiger partial charge in [0.1, 0.15) is 18.1 Å². The monoisotopic (exact) mass is 244 g/mol. The van der Waals surface area contributed by atoms with Gasteiger partial charge in [-0.1, -0.05) is 24.3 Å². The maximum absolute atomic E-state index is 9.31. The van der Waals surface area contributed by atoms with Crippen molar-refractivity contribution in [2.45, 2.75) is 6.61 Å². The van der Waals surface area contributed by atoms with Crippen LogP contribution in [0.5, 0.6) is 11.5 Å². The van der Waals surface area contributed by atoms with E-state index in [1.54, 1.807) is 42.5 Å². The van der Waals surface area contributed by atoms with Crippen molar-refractivity contribution in [3.8, 4) is 11.5 Å². The number of ether oxygens (including phenoxy) is 1. The summed E-state index contributed by atoms with van der Waals surface area (Å²) >= 11 is 0. The molecule has 18 heavy (non-hydrogen) atoms. The fourth-order valence-corrected chi connectivity index (χ4v) is 1.58. The molecule has 0 bridgehead atoms. The molecule has 0 atom stereocenters. The van der Waals surface area contributed by atoms with E-state index in [0.29, 0.717) is 17.8 Å². The molecular formula is C13H13BO4. The topological polar surface area (TPSA) is 69.9 Å². The van der Waals surface area contributed by atoms with Gasteiger partial charge in [0.2, 0.25) is 0 Å². The Kier molecular flexibility index (Phi) is 3.87. The third-order valence-electron chi connectivity index (χ3n) is 2.47. The SMILES string of the molecule is OB(O)c1cccc(OCc2cccc(O)c2)c1. The van der Waals surface area contributed by atoms with Gasteiger partial charge in [-0.25, -0.2) is 0 Å². The van der Waals surface area contributed by atoms with Gasteiger partial charge >= 0.3 is 7.12 Å². The molecule has 2 aromatic carbocycles. The van der Waals surface area contributed by atoms with Gasteiger partial charge in [0.25, 0.3) is 0 Å². The van der Waals surface area contributed by atoms with E-state index < -0.39 is 7.12 Å². The van der Waals surface area contributed by atoms with E-state index >= 15 is 0 Å². The molecule has 0 heterocycles. The molecule has 0 aliphatic heterocycles. The molecule has 2 rings (SSSR count). The molecule has 3 N–H and O–H groups in total. The molecule has 5 heteroatoms. The minimum Gasteiger partial charge on any atom is -0.508 e. The van der Waals surface area contributed by atoms with Crippen LogP contribution in [0.1, 0.15) is 5.56 Å². The average molecular weight is 244 g/mol. The zero-order valence-corrected chi connectivity index (χ0v) is 9.65. The van der Waals surface area contributed by atoms with E-state index in [-0.39, 0.29) is 5.75 Å². The normalized spacial score (nSPS) is 10.1. The zero-order valence-electron chi connectivity index (χ0n) is 9.65. The molecule has 92 valence electrons. The largest absolute Gasteiger partial charge is 0.508 e. The van der Waals surface area contributed by atoms with Crippen molar-refractivity contribution < 1.29 is 19.9 Å². The lowest BCUT2D eigenvalue weighted by Crippen LogP contribution is -2.29. The van der Waals surface area contributed by atoms with E-state index in [0.717, 1.165) is 5.56 Å². The zero-order chi connectivity index (χ0) is 13.0. The third-order valence-corrected chi connectivity index (χ3v) is 2.47. The van der Waals surface area contributed by atoms with Crippen molar-refractivity contribution in [1.82, 2.24) is 0 Å². The summed E-state index contributed by atoms with van der Waals surface area (Å²) in [6, 6.07) is 13.4. The summed E-state index contributed by atoms with van der Waals surface area (Å²) in [6.45, 7) is 0.305. The molecule has 0 saturated heterocycles. The summed E-state index contributed by atoms with van der Waals surface area (Å²) in [4.78, 5) is 0. The lowest BCUT2D eigenvalue weighted by atomic mass is 9.80. The first-order chi connectivity index (χ1) is 8.65. The van der Waals surface area contributed by atoms with Crippen molar-refractivity contribution in [3.63, 3.8) is 0 Å². The van der Waals surface area contributed by atoms with Gasteiger partial charge in [0.05, 0.1) is 0 Å². The lowest BCUT2D eigenvalue weighted by molar-refractivity contribution is 0.305. The van der Waals surface area contributed by atoms with Crippen LogP contribution in [0.2, 0.25) is 0 Å². The highest BCUT2D eigenvalue weighted by Crippen LogP contribution is 2.14. The van der Waals surface area contributed by atoms with E-state index in [2.05, 4.69) is 0 Å². The molecule has 0 unspecified atom stereocenters. The van der Waals surface area contributed by atoms with Crippen LogP contribution in [-0.2, 0) is 6.61 Å². The van der Waals surface area contributed by atoms with E-state index in [1.807, 2.05) is 6.07 Å². The van der Waals surface area contributed by atoms with Crippen molar-refractivity contribution >= 4 is 12.6 Å². The Hall–Kier alpha value is -1.98. The van der Waals surface area contributed by atoms with Gasteiger partial charge in [-0.15, -0.1) is 0 Å². The van der Waals surface area contributed by atoms with Gasteiger partial charge in [-0.05, 0) is 35.3 Å². The Morgan fingerprint density at radius 3 is 2.50 bits per heavy atom. The van der Waals surface area contributed by atoms with Crippen LogP contribution in [0.15, 0.2) is 48.5 Å². The van der Waals surface area contributed by atoms with Crippen LogP contribution in [0.25, 0.3) is 0 Å². The molecular weight excluding hydrogens is 231 g/mol. The predicted molar refractivity (Wildman–Crippen MR) is 68.7 cm³/mol. The van der Waals surface area contributed by atoms with E-state index in [1.165, 1.54) is 0 Å². The van der Waals surface area contributed by atoms with Crippen molar-refractivity contribution in [2.75, 3.05) is 0 Å². The summed E-state index contributed by atoms with van der Waals surface area (Å²) < 4.78 is 5.50. The minimum atomic E-state index is -1.51. The Morgan fingerprint density at radius 1 is 1.00 bits per heavy atom. The Labute approximate surface area is 105 Å². The standard InChI is InChI=1S/C13H13BO4/c15-12-5-1-3-10(7-12)9-18-13-6-2-4-11(8-13)14(16)17/h1-8,15-17H,9H2. The van der Waals surface area contributed by atoms with E-state index in [4.69, 9.17) is 14.8 Å². The third kappa shape index (κ3) is 3.26. The van der Waals surface area contributed by atoms with Gasteiger partial charge in [0.15, 0.2) is 0 Å². The number of hydrogen-bond acceptors (Lipinski definition) is 4. The first kappa shape index (κ1) is 12.5. The lowest BCUT2D eigenvalue weighted by Gasteiger charge is -2.08. The van der Waals surface area contributed by atoms with Crippen LogP contribution in [0.3, 0.4) is 0 Å². The smallest absolute Gasteiger partial charge is 0.488 e. The highest BCUT2D eigenvalue weighted by atomic mass is 16.5. The summed E-state index contributed by atoms with van der Waals surface area (Å²) in [5, 5.41) is 27.4. The molecule has 2 aromatic rings. The molecule has 0 aromatic heterocycles. The van der Waals surface area contributed by atoms with Gasteiger partial charge in [-0.2, -0.15) is 0 Å². The van der Waals surface area contributed by atoms with Crippen molar-refractivity contribution in [1.29, 1.82) is 0 Å². The number of benzene rings is 2. The molecule has 0 aliphatic carbocycles. The summed E-state index contributed by atoms with van der Waals surface area (Å²) in [7, 11) is -1.51. The number of hydrogen-bond donors (Lipinski definition) is 3. The maximum atomic E-state index is 9.31. The Balaban J connectivity index is 2.04. The number of phenolic OH excluding ortho intramolecular Hbond substituents is 1. The molecule has 0 aliphatic rings. The number of aromatic hydroxyl groups is 1. The second kappa shape index (κ2) is 5.57. The average Bonchev–Trinajstić information content (AvgIpc) is 2.37. The molecule has 0 saturated carbocycles. The molecule has 0 spiro atoms. The van der Waals surface area contributed by atoms with Crippen LogP contribution >= 0.6 is 0 Å². The first-order valence-corrected chi connectivity index (χ1v) is 5.52. The van der Waals surface area contributed by atoms with Crippen molar-refractivity contribution in [3.05, 3.63) is 54.1 Å². The van der Waals surface area contributed by atoms with E-state index in [9.17, 15) is 5.11 Å². The second-order valence-corrected chi connectivity index (χ2v) is 3.90. The van der Waals surface area contributed by atoms with Crippen LogP contribution < -0.4 is 10.2 Å². The predicted octanol–water partition coefficient (Wildman–Crippen LogP) is 0.651. The second-order valence-electron chi connectivity index (χ2n) is 3.90. The van der Waals surface area contributed by atoms with Gasteiger partial charge in [-0.3, -0.25) is 0 Å². The quantitative estimate of drug-likeness (QED) is 0.690. The van der Waals surface area contributed by atoms with Crippen LogP contribution in [0, 0.1) is 0 Å². The number of rotatable bonds is 4. The first-order valence-electron chi connectivity index (χ1n) is 5.52. The van der Waals surface area contributed by atoms with Gasteiger partial charge < -0.3 is 19.9 Å². The van der Waals surface area contributed by atoms with Crippen LogP contribution in [0.4, 0.5) is 0 Å². The molecule has 4 nitrogen and oxygen atoms in total. The number of phenols is 1. The highest BCUT2D eigenvalue weighted by Gasteiger charge is 2.11. The molecule has 0 amide bonds. The molecule has 0 radical (unpaired) electrons.